The number of hydrogen-bond acceptors (Lipinski definition) is 7. The van der Waals surface area contributed by atoms with Gasteiger partial charge >= 0.3 is 0 Å². The summed E-state index contributed by atoms with van der Waals surface area (Å²) in [4.78, 5) is 6.81. The molecule has 9 heteroatoms. The summed E-state index contributed by atoms with van der Waals surface area (Å²) in [5, 5.41) is 10.7. The first kappa shape index (κ1) is 20.8. The zero-order valence-corrected chi connectivity index (χ0v) is 18.9. The molecule has 4 heterocycles. The van der Waals surface area contributed by atoms with Crippen molar-refractivity contribution in [2.24, 2.45) is 0 Å². The second-order valence-corrected chi connectivity index (χ2v) is 9.37. The van der Waals surface area contributed by atoms with Crippen LogP contribution in [0.3, 0.4) is 0 Å². The smallest absolute Gasteiger partial charge is 0.228 e. The molecular formula is C22H26ClN5O2S. The average Bonchev–Trinajstić information content (AvgIpc) is 3.56. The van der Waals surface area contributed by atoms with Crippen LogP contribution >= 0.6 is 23.4 Å². The largest absolute Gasteiger partial charge is 0.440 e. The lowest BCUT2D eigenvalue weighted by molar-refractivity contribution is 0.0951. The fourth-order valence-corrected chi connectivity index (χ4v) is 5.04. The summed E-state index contributed by atoms with van der Waals surface area (Å²) in [5.74, 6) is 2.97. The maximum Gasteiger partial charge on any atom is 0.228 e. The van der Waals surface area contributed by atoms with Crippen molar-refractivity contribution in [3.63, 3.8) is 0 Å². The lowest BCUT2D eigenvalue weighted by atomic mass is 10.1. The number of anilines is 1. The standard InChI is InChI=1S/C22H26ClN5O2S/c23-17-8-6-16(7-9-17)19-13-24-20(30-19)15-31-22-26-25-21(27-10-2-1-3-11-27)28(22)14-18-5-4-12-29-18/h6-9,13,18H,1-5,10-12,14-15H2. The molecule has 1 atom stereocenters. The molecule has 2 aliphatic rings. The van der Waals surface area contributed by atoms with Crippen LogP contribution in [0.15, 0.2) is 40.0 Å². The maximum absolute atomic E-state index is 5.98. The number of rotatable bonds is 7. The molecular weight excluding hydrogens is 434 g/mol. The third-order valence-electron chi connectivity index (χ3n) is 5.75. The van der Waals surface area contributed by atoms with Crippen molar-refractivity contribution >= 4 is 29.3 Å². The van der Waals surface area contributed by atoms with Gasteiger partial charge in [0, 0.05) is 30.3 Å². The zero-order chi connectivity index (χ0) is 21.0. The van der Waals surface area contributed by atoms with Crippen LogP contribution in [0.25, 0.3) is 11.3 Å². The molecule has 5 rings (SSSR count). The first-order valence-corrected chi connectivity index (χ1v) is 12.3. The molecule has 0 bridgehead atoms. The van der Waals surface area contributed by atoms with E-state index in [1.165, 1.54) is 19.3 Å². The molecule has 2 saturated heterocycles. The number of oxazole rings is 1. The SMILES string of the molecule is Clc1ccc(-c2cnc(CSc3nnc(N4CCCCC4)n3CC3CCCO3)o2)cc1. The van der Waals surface area contributed by atoms with Crippen molar-refractivity contribution in [3.05, 3.63) is 41.4 Å². The van der Waals surface area contributed by atoms with Gasteiger partial charge in [0.25, 0.3) is 0 Å². The van der Waals surface area contributed by atoms with E-state index >= 15 is 0 Å². The Hall–Kier alpha value is -2.03. The summed E-state index contributed by atoms with van der Waals surface area (Å²) in [6.45, 7) is 3.72. The van der Waals surface area contributed by atoms with E-state index in [1.54, 1.807) is 18.0 Å². The van der Waals surface area contributed by atoms with Crippen LogP contribution in [0.1, 0.15) is 38.0 Å². The second kappa shape index (κ2) is 9.63. The predicted octanol–water partition coefficient (Wildman–Crippen LogP) is 5.05. The van der Waals surface area contributed by atoms with Gasteiger partial charge < -0.3 is 14.1 Å². The van der Waals surface area contributed by atoms with Gasteiger partial charge in [0.1, 0.15) is 0 Å². The summed E-state index contributed by atoms with van der Waals surface area (Å²) < 4.78 is 14.1. The third-order valence-corrected chi connectivity index (χ3v) is 6.96. The van der Waals surface area contributed by atoms with E-state index in [0.29, 0.717) is 16.7 Å². The van der Waals surface area contributed by atoms with Gasteiger partial charge in [-0.1, -0.05) is 23.4 Å². The molecule has 0 N–H and O–H groups in total. The lowest BCUT2D eigenvalue weighted by Crippen LogP contribution is -2.33. The highest BCUT2D eigenvalue weighted by Crippen LogP contribution is 2.30. The van der Waals surface area contributed by atoms with Crippen LogP contribution in [-0.2, 0) is 17.0 Å². The maximum atomic E-state index is 5.98. The molecule has 2 aliphatic heterocycles. The van der Waals surface area contributed by atoms with Gasteiger partial charge in [0.05, 0.1) is 24.6 Å². The summed E-state index contributed by atoms with van der Waals surface area (Å²) >= 11 is 7.59. The quantitative estimate of drug-likeness (QED) is 0.458. The van der Waals surface area contributed by atoms with Crippen LogP contribution in [-0.4, -0.2) is 45.5 Å². The van der Waals surface area contributed by atoms with Crippen LogP contribution < -0.4 is 4.90 Å². The lowest BCUT2D eigenvalue weighted by Gasteiger charge is -2.28. The molecule has 0 radical (unpaired) electrons. The summed E-state index contributed by atoms with van der Waals surface area (Å²) in [6.07, 6.45) is 7.91. The second-order valence-electron chi connectivity index (χ2n) is 7.99. The van der Waals surface area contributed by atoms with Gasteiger partial charge in [-0.05, 0) is 56.4 Å². The Balaban J connectivity index is 1.31. The molecule has 2 fully saturated rings. The molecule has 1 aromatic carbocycles. The van der Waals surface area contributed by atoms with Gasteiger partial charge in [-0.15, -0.1) is 10.2 Å². The van der Waals surface area contributed by atoms with E-state index in [2.05, 4.69) is 24.6 Å². The van der Waals surface area contributed by atoms with Crippen LogP contribution in [0.5, 0.6) is 0 Å². The van der Waals surface area contributed by atoms with E-state index in [-0.39, 0.29) is 6.10 Å². The van der Waals surface area contributed by atoms with Crippen molar-refractivity contribution in [3.8, 4) is 11.3 Å². The number of thioether (sulfide) groups is 1. The van der Waals surface area contributed by atoms with Crippen molar-refractivity contribution < 1.29 is 9.15 Å². The Kier molecular flexibility index (Phi) is 6.47. The zero-order valence-electron chi connectivity index (χ0n) is 17.4. The minimum Gasteiger partial charge on any atom is -0.440 e. The van der Waals surface area contributed by atoms with E-state index in [9.17, 15) is 0 Å². The number of nitrogens with zero attached hydrogens (tertiary/aromatic N) is 5. The van der Waals surface area contributed by atoms with Crippen LogP contribution in [0.4, 0.5) is 5.95 Å². The molecule has 0 amide bonds. The Labute approximate surface area is 191 Å². The predicted molar refractivity (Wildman–Crippen MR) is 122 cm³/mol. The molecule has 2 aromatic heterocycles. The molecule has 31 heavy (non-hydrogen) atoms. The number of aromatic nitrogens is 4. The molecule has 3 aromatic rings. The van der Waals surface area contributed by atoms with Crippen molar-refractivity contribution in [2.45, 2.75) is 55.7 Å². The summed E-state index contributed by atoms with van der Waals surface area (Å²) in [7, 11) is 0. The van der Waals surface area contributed by atoms with Crippen LogP contribution in [0, 0.1) is 0 Å². The molecule has 1 unspecified atom stereocenters. The van der Waals surface area contributed by atoms with Gasteiger partial charge in [-0.25, -0.2) is 4.98 Å². The van der Waals surface area contributed by atoms with E-state index in [0.717, 1.165) is 61.5 Å². The fraction of sp³-hybridized carbons (Fsp3) is 0.500. The summed E-state index contributed by atoms with van der Waals surface area (Å²) in [5.41, 5.74) is 0.960. The van der Waals surface area contributed by atoms with Gasteiger partial charge in [0.2, 0.25) is 11.8 Å². The van der Waals surface area contributed by atoms with Gasteiger partial charge in [0.15, 0.2) is 10.9 Å². The van der Waals surface area contributed by atoms with Crippen LogP contribution in [0.2, 0.25) is 5.02 Å². The minimum atomic E-state index is 0.233. The number of halogens is 1. The van der Waals surface area contributed by atoms with Gasteiger partial charge in [-0.3, -0.25) is 4.57 Å². The Morgan fingerprint density at radius 3 is 2.68 bits per heavy atom. The van der Waals surface area contributed by atoms with Crippen molar-refractivity contribution in [1.29, 1.82) is 0 Å². The Bertz CT molecular complexity index is 994. The molecule has 164 valence electrons. The van der Waals surface area contributed by atoms with Crippen molar-refractivity contribution in [1.82, 2.24) is 19.7 Å². The Morgan fingerprint density at radius 1 is 1.06 bits per heavy atom. The van der Waals surface area contributed by atoms with Crippen molar-refractivity contribution in [2.75, 3.05) is 24.6 Å². The number of ether oxygens (including phenoxy) is 1. The normalized spacial score (nSPS) is 19.3. The molecule has 7 nitrogen and oxygen atoms in total. The first-order valence-electron chi connectivity index (χ1n) is 10.9. The highest BCUT2D eigenvalue weighted by Gasteiger charge is 2.25. The summed E-state index contributed by atoms with van der Waals surface area (Å²) in [6, 6.07) is 7.57. The highest BCUT2D eigenvalue weighted by molar-refractivity contribution is 7.98. The molecule has 0 saturated carbocycles. The fourth-order valence-electron chi connectivity index (χ4n) is 4.12. The molecule has 0 spiro atoms. The van der Waals surface area contributed by atoms with E-state index in [1.807, 2.05) is 24.3 Å². The average molecular weight is 460 g/mol. The monoisotopic (exact) mass is 459 g/mol. The molecule has 0 aliphatic carbocycles. The first-order chi connectivity index (χ1) is 15.3. The van der Waals surface area contributed by atoms with Gasteiger partial charge in [-0.2, -0.15) is 0 Å². The Morgan fingerprint density at radius 2 is 1.90 bits per heavy atom. The minimum absolute atomic E-state index is 0.233. The highest BCUT2D eigenvalue weighted by atomic mass is 35.5. The number of benzene rings is 1. The number of piperidine rings is 1. The topological polar surface area (TPSA) is 69.2 Å². The van der Waals surface area contributed by atoms with E-state index in [4.69, 9.17) is 20.8 Å². The van der Waals surface area contributed by atoms with E-state index < -0.39 is 0 Å². The number of hydrogen-bond donors (Lipinski definition) is 0. The third kappa shape index (κ3) is 4.91.